The zero-order valence-corrected chi connectivity index (χ0v) is 12.6. The Morgan fingerprint density at radius 2 is 2.00 bits per heavy atom. The molecule has 5 heteroatoms. The number of benzene rings is 1. The molecular weight excluding hydrogens is 325 g/mol. The molecule has 17 heavy (non-hydrogen) atoms. The van der Waals surface area contributed by atoms with E-state index in [1.54, 1.807) is 18.2 Å². The summed E-state index contributed by atoms with van der Waals surface area (Å²) in [5.74, 6) is -0.220. The van der Waals surface area contributed by atoms with Gasteiger partial charge in [0.25, 0.3) is 5.91 Å². The van der Waals surface area contributed by atoms with Gasteiger partial charge in [0.05, 0.1) is 15.6 Å². The number of halogens is 3. The topological polar surface area (TPSA) is 29.1 Å². The maximum absolute atomic E-state index is 12.0. The molecule has 0 saturated heterocycles. The Kier molecular flexibility index (Phi) is 6.31. The molecule has 1 atom stereocenters. The minimum absolute atomic E-state index is 0.104. The largest absolute Gasteiger partial charge is 0.349 e. The van der Waals surface area contributed by atoms with E-state index >= 15 is 0 Å². The Morgan fingerprint density at radius 3 is 2.53 bits per heavy atom. The molecule has 0 aliphatic carbocycles. The second kappa shape index (κ2) is 7.24. The number of carbonyl (C=O) groups excluding carboxylic acids is 1. The first-order valence-electron chi connectivity index (χ1n) is 5.37. The van der Waals surface area contributed by atoms with Gasteiger partial charge in [-0.3, -0.25) is 4.79 Å². The highest BCUT2D eigenvalue weighted by Gasteiger charge is 2.15. The van der Waals surface area contributed by atoms with Gasteiger partial charge in [-0.15, -0.1) is 0 Å². The van der Waals surface area contributed by atoms with Crippen molar-refractivity contribution >= 4 is 45.0 Å². The lowest BCUT2D eigenvalue weighted by molar-refractivity contribution is 0.0938. The predicted octanol–water partition coefficient (Wildman–Crippen LogP) is 4.29. The molecule has 0 fully saturated rings. The smallest absolute Gasteiger partial charge is 0.254 e. The molecule has 1 aromatic rings. The molecule has 0 aromatic heterocycles. The first-order valence-corrected chi connectivity index (χ1v) is 7.25. The van der Waals surface area contributed by atoms with Crippen molar-refractivity contribution in [1.82, 2.24) is 5.32 Å². The maximum Gasteiger partial charge on any atom is 0.254 e. The van der Waals surface area contributed by atoms with E-state index in [1.807, 2.05) is 6.92 Å². The van der Waals surface area contributed by atoms with Crippen LogP contribution >= 0.6 is 39.1 Å². The van der Waals surface area contributed by atoms with Crippen LogP contribution in [0, 0.1) is 0 Å². The molecule has 0 bridgehead atoms. The highest BCUT2D eigenvalue weighted by Crippen LogP contribution is 2.24. The normalized spacial score (nSPS) is 12.2. The SMILES string of the molecule is CC(CCCBr)NC(=O)c1c(Cl)cccc1Cl. The second-order valence-electron chi connectivity index (χ2n) is 3.80. The fourth-order valence-corrected chi connectivity index (χ4v) is 2.36. The summed E-state index contributed by atoms with van der Waals surface area (Å²) in [5.41, 5.74) is 0.349. The molecule has 0 aliphatic heterocycles. The zero-order valence-electron chi connectivity index (χ0n) is 9.47. The Bertz CT molecular complexity index is 378. The van der Waals surface area contributed by atoms with Crippen LogP contribution < -0.4 is 5.32 Å². The van der Waals surface area contributed by atoms with Crippen LogP contribution in [0.3, 0.4) is 0 Å². The van der Waals surface area contributed by atoms with E-state index in [0.717, 1.165) is 18.2 Å². The quantitative estimate of drug-likeness (QED) is 0.797. The summed E-state index contributed by atoms with van der Waals surface area (Å²) in [4.78, 5) is 12.0. The summed E-state index contributed by atoms with van der Waals surface area (Å²) in [5, 5.41) is 4.57. The molecule has 0 spiro atoms. The van der Waals surface area contributed by atoms with Crippen molar-refractivity contribution in [2.24, 2.45) is 0 Å². The summed E-state index contributed by atoms with van der Waals surface area (Å²) < 4.78 is 0. The summed E-state index contributed by atoms with van der Waals surface area (Å²) in [6, 6.07) is 5.14. The lowest BCUT2D eigenvalue weighted by atomic mass is 10.1. The average Bonchev–Trinajstić information content (AvgIpc) is 2.26. The van der Waals surface area contributed by atoms with Gasteiger partial charge in [0.2, 0.25) is 0 Å². The van der Waals surface area contributed by atoms with Crippen molar-refractivity contribution in [3.05, 3.63) is 33.8 Å². The summed E-state index contributed by atoms with van der Waals surface area (Å²) >= 11 is 15.3. The summed E-state index contributed by atoms with van der Waals surface area (Å²) in [6.07, 6.45) is 1.93. The maximum atomic E-state index is 12.0. The number of rotatable bonds is 5. The van der Waals surface area contributed by atoms with E-state index < -0.39 is 0 Å². The summed E-state index contributed by atoms with van der Waals surface area (Å²) in [6.45, 7) is 1.96. The standard InChI is InChI=1S/C12H14BrCl2NO/c1-8(4-3-7-13)16-12(17)11-9(14)5-2-6-10(11)15/h2,5-6,8H,3-4,7H2,1H3,(H,16,17). The van der Waals surface area contributed by atoms with Crippen molar-refractivity contribution in [2.75, 3.05) is 5.33 Å². The molecule has 1 unspecified atom stereocenters. The Hall–Kier alpha value is -0.250. The van der Waals surface area contributed by atoms with E-state index in [9.17, 15) is 4.79 Å². The van der Waals surface area contributed by atoms with Crippen LogP contribution in [0.5, 0.6) is 0 Å². The van der Waals surface area contributed by atoms with Gasteiger partial charge < -0.3 is 5.32 Å². The van der Waals surface area contributed by atoms with Crippen molar-refractivity contribution in [3.8, 4) is 0 Å². The number of hydrogen-bond donors (Lipinski definition) is 1. The third-order valence-corrected chi connectivity index (χ3v) is 3.53. The molecule has 1 rings (SSSR count). The van der Waals surface area contributed by atoms with Gasteiger partial charge in [0.15, 0.2) is 0 Å². The molecule has 2 nitrogen and oxygen atoms in total. The third-order valence-electron chi connectivity index (χ3n) is 2.34. The van der Waals surface area contributed by atoms with E-state index in [0.29, 0.717) is 15.6 Å². The van der Waals surface area contributed by atoms with E-state index in [4.69, 9.17) is 23.2 Å². The summed E-state index contributed by atoms with van der Waals surface area (Å²) in [7, 11) is 0. The fraction of sp³-hybridized carbons (Fsp3) is 0.417. The van der Waals surface area contributed by atoms with Gasteiger partial charge in [-0.1, -0.05) is 45.2 Å². The van der Waals surface area contributed by atoms with Crippen molar-refractivity contribution in [3.63, 3.8) is 0 Å². The minimum Gasteiger partial charge on any atom is -0.349 e. The van der Waals surface area contributed by atoms with Gasteiger partial charge in [-0.2, -0.15) is 0 Å². The fourth-order valence-electron chi connectivity index (χ4n) is 1.47. The van der Waals surface area contributed by atoms with Crippen LogP contribution in [-0.4, -0.2) is 17.3 Å². The van der Waals surface area contributed by atoms with Crippen molar-refractivity contribution in [1.29, 1.82) is 0 Å². The molecular formula is C12H14BrCl2NO. The number of amides is 1. The molecule has 1 amide bonds. The molecule has 0 heterocycles. The molecule has 0 radical (unpaired) electrons. The van der Waals surface area contributed by atoms with Gasteiger partial charge in [0.1, 0.15) is 0 Å². The van der Waals surface area contributed by atoms with Gasteiger partial charge in [-0.25, -0.2) is 0 Å². The van der Waals surface area contributed by atoms with Crippen molar-refractivity contribution in [2.45, 2.75) is 25.8 Å². The van der Waals surface area contributed by atoms with E-state index in [2.05, 4.69) is 21.2 Å². The Balaban J connectivity index is 2.70. The second-order valence-corrected chi connectivity index (χ2v) is 5.41. The number of carbonyl (C=O) groups is 1. The van der Waals surface area contributed by atoms with E-state index in [-0.39, 0.29) is 11.9 Å². The van der Waals surface area contributed by atoms with Crippen LogP contribution in [-0.2, 0) is 0 Å². The molecule has 1 N–H and O–H groups in total. The molecule has 94 valence electrons. The van der Waals surface area contributed by atoms with Gasteiger partial charge in [0, 0.05) is 11.4 Å². The number of hydrogen-bond acceptors (Lipinski definition) is 1. The van der Waals surface area contributed by atoms with E-state index in [1.165, 1.54) is 0 Å². The van der Waals surface area contributed by atoms with Gasteiger partial charge in [-0.05, 0) is 31.9 Å². The zero-order chi connectivity index (χ0) is 12.8. The van der Waals surface area contributed by atoms with Crippen LogP contribution in [0.4, 0.5) is 0 Å². The molecule has 1 aromatic carbocycles. The highest BCUT2D eigenvalue weighted by atomic mass is 79.9. The Labute approximate surface area is 120 Å². The molecule has 0 saturated carbocycles. The molecule has 0 aliphatic rings. The van der Waals surface area contributed by atoms with Crippen LogP contribution in [0.25, 0.3) is 0 Å². The lowest BCUT2D eigenvalue weighted by Crippen LogP contribution is -2.32. The third kappa shape index (κ3) is 4.49. The first kappa shape index (κ1) is 14.8. The monoisotopic (exact) mass is 337 g/mol. The highest BCUT2D eigenvalue weighted by molar-refractivity contribution is 9.09. The number of alkyl halides is 1. The van der Waals surface area contributed by atoms with Crippen molar-refractivity contribution < 1.29 is 4.79 Å². The van der Waals surface area contributed by atoms with Crippen LogP contribution in [0.1, 0.15) is 30.1 Å². The van der Waals surface area contributed by atoms with Crippen LogP contribution in [0.2, 0.25) is 10.0 Å². The average molecular weight is 339 g/mol. The minimum atomic E-state index is -0.220. The Morgan fingerprint density at radius 1 is 1.41 bits per heavy atom. The number of nitrogens with one attached hydrogen (secondary N) is 1. The predicted molar refractivity (Wildman–Crippen MR) is 76.4 cm³/mol. The lowest BCUT2D eigenvalue weighted by Gasteiger charge is -2.14. The van der Waals surface area contributed by atoms with Crippen LogP contribution in [0.15, 0.2) is 18.2 Å². The van der Waals surface area contributed by atoms with Gasteiger partial charge >= 0.3 is 0 Å². The first-order chi connectivity index (χ1) is 8.06.